The van der Waals surface area contributed by atoms with Crippen LogP contribution in [0.1, 0.15) is 20.3 Å². The molecule has 0 atom stereocenters. The summed E-state index contributed by atoms with van der Waals surface area (Å²) < 4.78 is 0. The molecule has 1 heterocycles. The Bertz CT molecular complexity index is 131. The second-order valence-corrected chi connectivity index (χ2v) is 1.90. The van der Waals surface area contributed by atoms with E-state index in [2.05, 4.69) is 11.1 Å². The highest BCUT2D eigenvalue weighted by atomic mass is 14.8. The van der Waals surface area contributed by atoms with Crippen LogP contribution in [-0.2, 0) is 0 Å². The lowest BCUT2D eigenvalue weighted by Gasteiger charge is -1.79. The van der Waals surface area contributed by atoms with Gasteiger partial charge < -0.3 is 0 Å². The normalized spacial score (nSPS) is 19.1. The molecule has 1 nitrogen and oxygen atoms in total. The predicted molar refractivity (Wildman–Crippen MR) is 31.5 cm³/mol. The summed E-state index contributed by atoms with van der Waals surface area (Å²) in [6.07, 6.45) is 3.20. The van der Waals surface area contributed by atoms with Gasteiger partial charge in [0.2, 0.25) is 0 Å². The molecular weight excluding hydrogens is 86.1 g/mol. The van der Waals surface area contributed by atoms with Gasteiger partial charge in [0.15, 0.2) is 0 Å². The highest BCUT2D eigenvalue weighted by Gasteiger charge is 1.95. The third-order valence-electron chi connectivity index (χ3n) is 1.06. The van der Waals surface area contributed by atoms with Gasteiger partial charge in [0.05, 0.1) is 0 Å². The van der Waals surface area contributed by atoms with Crippen LogP contribution in [0.4, 0.5) is 0 Å². The van der Waals surface area contributed by atoms with E-state index < -0.39 is 0 Å². The summed E-state index contributed by atoms with van der Waals surface area (Å²) in [4.78, 5) is 4.17. The Labute approximate surface area is 43.8 Å². The van der Waals surface area contributed by atoms with Gasteiger partial charge in [0.1, 0.15) is 0 Å². The molecule has 38 valence electrons. The minimum absolute atomic E-state index is 1.06. The first-order valence-electron chi connectivity index (χ1n) is 2.50. The zero-order valence-electron chi connectivity index (χ0n) is 4.73. The smallest absolute Gasteiger partial charge is 0.0336 e. The molecule has 0 radical (unpaired) electrons. The largest absolute Gasteiger partial charge is 0.263 e. The van der Waals surface area contributed by atoms with Crippen molar-refractivity contribution in [3.8, 4) is 0 Å². The third-order valence-corrected chi connectivity index (χ3v) is 1.06. The van der Waals surface area contributed by atoms with E-state index in [9.17, 15) is 0 Å². The van der Waals surface area contributed by atoms with Crippen LogP contribution >= 0.6 is 0 Å². The van der Waals surface area contributed by atoms with Gasteiger partial charge in [0, 0.05) is 17.8 Å². The van der Waals surface area contributed by atoms with E-state index in [1.165, 1.54) is 5.71 Å². The van der Waals surface area contributed by atoms with E-state index in [1.54, 1.807) is 0 Å². The zero-order valence-corrected chi connectivity index (χ0v) is 4.73. The molecule has 1 aliphatic heterocycles. The summed E-state index contributed by atoms with van der Waals surface area (Å²) >= 11 is 0. The molecule has 0 fully saturated rings. The first kappa shape index (κ1) is 4.57. The third kappa shape index (κ3) is 0.889. The van der Waals surface area contributed by atoms with Crippen LogP contribution in [0.5, 0.6) is 0 Å². The average Bonchev–Trinajstić information content (AvgIpc) is 1.87. The molecule has 1 rings (SSSR count). The summed E-state index contributed by atoms with van der Waals surface area (Å²) in [6.45, 7) is 4.07. The van der Waals surface area contributed by atoms with Crippen molar-refractivity contribution in [1.29, 1.82) is 0 Å². The Morgan fingerprint density at radius 3 is 2.43 bits per heavy atom. The lowest BCUT2D eigenvalue weighted by Crippen LogP contribution is -1.78. The Kier molecular flexibility index (Phi) is 0.970. The van der Waals surface area contributed by atoms with E-state index in [4.69, 9.17) is 0 Å². The lowest BCUT2D eigenvalue weighted by molar-refractivity contribution is 1.33. The van der Waals surface area contributed by atoms with E-state index in [0.717, 1.165) is 12.1 Å². The molecule has 0 aromatic carbocycles. The van der Waals surface area contributed by atoms with Gasteiger partial charge in [-0.15, -0.1) is 0 Å². The van der Waals surface area contributed by atoms with Gasteiger partial charge in [-0.3, -0.25) is 4.99 Å². The van der Waals surface area contributed by atoms with Crippen LogP contribution in [0.3, 0.4) is 0 Å². The molecular formula is C6H9N. The molecule has 0 N–H and O–H groups in total. The minimum Gasteiger partial charge on any atom is -0.263 e. The Hall–Kier alpha value is -0.590. The van der Waals surface area contributed by atoms with Crippen LogP contribution in [-0.4, -0.2) is 5.71 Å². The van der Waals surface area contributed by atoms with Crippen LogP contribution in [0.2, 0.25) is 0 Å². The number of aliphatic imine (C=N–C) groups is 1. The van der Waals surface area contributed by atoms with E-state index >= 15 is 0 Å². The monoisotopic (exact) mass is 95.1 g/mol. The average molecular weight is 95.1 g/mol. The molecule has 1 heteroatoms. The number of hydrogen-bond donors (Lipinski definition) is 0. The maximum atomic E-state index is 4.17. The van der Waals surface area contributed by atoms with Crippen molar-refractivity contribution >= 4 is 5.71 Å². The maximum Gasteiger partial charge on any atom is 0.0336 e. The van der Waals surface area contributed by atoms with Crippen molar-refractivity contribution in [2.45, 2.75) is 20.3 Å². The second-order valence-electron chi connectivity index (χ2n) is 1.90. The molecule has 0 aliphatic carbocycles. The maximum absolute atomic E-state index is 4.17. The standard InChI is InChI=1S/C6H9N/c1-5-3-4-6(2)7-5/h3H,4H2,1-2H3. The van der Waals surface area contributed by atoms with E-state index in [1.807, 2.05) is 13.8 Å². The van der Waals surface area contributed by atoms with Crippen molar-refractivity contribution in [2.24, 2.45) is 4.99 Å². The Morgan fingerprint density at radius 2 is 2.29 bits per heavy atom. The van der Waals surface area contributed by atoms with Crippen molar-refractivity contribution in [3.63, 3.8) is 0 Å². The fourth-order valence-electron chi connectivity index (χ4n) is 0.688. The minimum atomic E-state index is 1.06. The molecule has 0 saturated heterocycles. The van der Waals surface area contributed by atoms with Gasteiger partial charge in [-0.1, -0.05) is 6.08 Å². The SMILES string of the molecule is CC1=CCC(C)=N1. The number of rotatable bonds is 0. The van der Waals surface area contributed by atoms with Crippen LogP contribution in [0, 0.1) is 0 Å². The van der Waals surface area contributed by atoms with Crippen LogP contribution < -0.4 is 0 Å². The summed E-state index contributed by atoms with van der Waals surface area (Å²) in [5.74, 6) is 0. The molecule has 0 bridgehead atoms. The summed E-state index contributed by atoms with van der Waals surface area (Å²) in [7, 11) is 0. The fourth-order valence-corrected chi connectivity index (χ4v) is 0.688. The second kappa shape index (κ2) is 1.49. The zero-order chi connectivity index (χ0) is 5.28. The van der Waals surface area contributed by atoms with Crippen LogP contribution in [0.25, 0.3) is 0 Å². The van der Waals surface area contributed by atoms with Crippen molar-refractivity contribution in [3.05, 3.63) is 11.8 Å². The summed E-state index contributed by atoms with van der Waals surface area (Å²) in [6, 6.07) is 0. The molecule has 1 aliphatic rings. The summed E-state index contributed by atoms with van der Waals surface area (Å²) in [5.41, 5.74) is 2.40. The lowest BCUT2D eigenvalue weighted by atomic mass is 10.3. The first-order chi connectivity index (χ1) is 3.29. The van der Waals surface area contributed by atoms with Gasteiger partial charge in [-0.25, -0.2) is 0 Å². The molecule has 7 heavy (non-hydrogen) atoms. The molecule has 0 saturated carbocycles. The topological polar surface area (TPSA) is 12.4 Å². The highest BCUT2D eigenvalue weighted by molar-refractivity contribution is 5.86. The number of allylic oxidation sites excluding steroid dienone is 2. The van der Waals surface area contributed by atoms with E-state index in [-0.39, 0.29) is 0 Å². The van der Waals surface area contributed by atoms with Crippen LogP contribution in [0.15, 0.2) is 16.8 Å². The van der Waals surface area contributed by atoms with Crippen molar-refractivity contribution in [1.82, 2.24) is 0 Å². The molecule has 0 spiro atoms. The first-order valence-corrected chi connectivity index (χ1v) is 2.50. The van der Waals surface area contributed by atoms with Gasteiger partial charge in [-0.2, -0.15) is 0 Å². The number of hydrogen-bond acceptors (Lipinski definition) is 1. The number of nitrogens with zero attached hydrogens (tertiary/aromatic N) is 1. The van der Waals surface area contributed by atoms with Crippen molar-refractivity contribution in [2.75, 3.05) is 0 Å². The molecule has 0 amide bonds. The fraction of sp³-hybridized carbons (Fsp3) is 0.500. The molecule has 0 aromatic heterocycles. The highest BCUT2D eigenvalue weighted by Crippen LogP contribution is 2.07. The Morgan fingerprint density at radius 1 is 1.57 bits per heavy atom. The molecule has 0 unspecified atom stereocenters. The van der Waals surface area contributed by atoms with Gasteiger partial charge in [0.25, 0.3) is 0 Å². The molecule has 0 aromatic rings. The van der Waals surface area contributed by atoms with E-state index in [0.29, 0.717) is 0 Å². The predicted octanol–water partition coefficient (Wildman–Crippen LogP) is 1.75. The van der Waals surface area contributed by atoms with Gasteiger partial charge in [-0.05, 0) is 13.8 Å². The van der Waals surface area contributed by atoms with Gasteiger partial charge >= 0.3 is 0 Å². The quantitative estimate of drug-likeness (QED) is 0.434. The summed E-state index contributed by atoms with van der Waals surface area (Å²) in [5, 5.41) is 0. The van der Waals surface area contributed by atoms with Crippen molar-refractivity contribution < 1.29 is 0 Å². The Balaban J connectivity index is 2.69.